The van der Waals surface area contributed by atoms with Gasteiger partial charge in [-0.25, -0.2) is 0 Å². The van der Waals surface area contributed by atoms with Crippen LogP contribution in [-0.4, -0.2) is 0 Å². The zero-order valence-corrected chi connectivity index (χ0v) is 7.32. The molecule has 0 aliphatic carbocycles. The van der Waals surface area contributed by atoms with Gasteiger partial charge in [0.25, 0.3) is 0 Å². The van der Waals surface area contributed by atoms with E-state index in [0.29, 0.717) is 6.04 Å². The first-order valence-corrected chi connectivity index (χ1v) is 3.69. The molecule has 1 N–H and O–H groups in total. The molecular weight excluding hydrogens is 158 g/mol. The summed E-state index contributed by atoms with van der Waals surface area (Å²) in [6.07, 6.45) is 0. The molecule has 1 aromatic rings. The molecule has 0 bridgehead atoms. The zero-order valence-electron chi connectivity index (χ0n) is 6.50. The molecular formula is C9H12ClN. The van der Waals surface area contributed by atoms with E-state index in [0.717, 1.165) is 6.54 Å². The number of fused-ring (bicyclic) bond motifs is 1. The van der Waals surface area contributed by atoms with E-state index in [1.165, 1.54) is 11.1 Å². The van der Waals surface area contributed by atoms with E-state index in [2.05, 4.69) is 36.5 Å². The molecule has 2 rings (SSSR count). The Morgan fingerprint density at radius 1 is 1.36 bits per heavy atom. The van der Waals surface area contributed by atoms with Crippen molar-refractivity contribution in [2.24, 2.45) is 0 Å². The average Bonchev–Trinajstić information content (AvgIpc) is 2.34. The topological polar surface area (TPSA) is 12.0 Å². The van der Waals surface area contributed by atoms with Crippen molar-refractivity contribution < 1.29 is 0 Å². The fourth-order valence-corrected chi connectivity index (χ4v) is 1.49. The highest BCUT2D eigenvalue weighted by Gasteiger charge is 2.15. The van der Waals surface area contributed by atoms with Crippen molar-refractivity contribution in [2.45, 2.75) is 19.5 Å². The SMILES string of the molecule is CC1NCc2ccccc21.Cl. The highest BCUT2D eigenvalue weighted by molar-refractivity contribution is 5.85. The third kappa shape index (κ3) is 1.39. The molecule has 1 aliphatic heterocycles. The van der Waals surface area contributed by atoms with Gasteiger partial charge < -0.3 is 5.32 Å². The summed E-state index contributed by atoms with van der Waals surface area (Å²) in [6, 6.07) is 9.13. The van der Waals surface area contributed by atoms with E-state index in [4.69, 9.17) is 0 Å². The molecule has 0 saturated carbocycles. The standard InChI is InChI=1S/C9H11N.ClH/c1-7-9-5-3-2-4-8(9)6-10-7;/h2-5,7,10H,6H2,1H3;1H. The van der Waals surface area contributed by atoms with Crippen LogP contribution in [0.4, 0.5) is 0 Å². The molecule has 0 radical (unpaired) electrons. The normalized spacial score (nSPS) is 20.6. The molecule has 1 heterocycles. The molecule has 1 aliphatic rings. The third-order valence-corrected chi connectivity index (χ3v) is 2.12. The first-order valence-electron chi connectivity index (χ1n) is 3.69. The monoisotopic (exact) mass is 169 g/mol. The molecule has 11 heavy (non-hydrogen) atoms. The van der Waals surface area contributed by atoms with Crippen LogP contribution in [0.5, 0.6) is 0 Å². The van der Waals surface area contributed by atoms with E-state index < -0.39 is 0 Å². The minimum Gasteiger partial charge on any atom is -0.306 e. The second-order valence-electron chi connectivity index (χ2n) is 2.80. The van der Waals surface area contributed by atoms with Crippen LogP contribution in [-0.2, 0) is 6.54 Å². The molecule has 2 heteroatoms. The van der Waals surface area contributed by atoms with Crippen molar-refractivity contribution in [1.82, 2.24) is 5.32 Å². The van der Waals surface area contributed by atoms with Crippen LogP contribution in [0.25, 0.3) is 0 Å². The van der Waals surface area contributed by atoms with Gasteiger partial charge in [-0.1, -0.05) is 24.3 Å². The molecule has 0 spiro atoms. The van der Waals surface area contributed by atoms with Gasteiger partial charge in [-0.2, -0.15) is 0 Å². The van der Waals surface area contributed by atoms with Crippen LogP contribution in [0, 0.1) is 0 Å². The molecule has 0 saturated heterocycles. The molecule has 0 aromatic heterocycles. The first kappa shape index (κ1) is 8.57. The summed E-state index contributed by atoms with van der Waals surface area (Å²) >= 11 is 0. The number of benzene rings is 1. The Bertz CT molecular complexity index is 247. The minimum atomic E-state index is 0. The van der Waals surface area contributed by atoms with Gasteiger partial charge in [-0.3, -0.25) is 0 Å². The second kappa shape index (κ2) is 3.24. The van der Waals surface area contributed by atoms with E-state index in [1.807, 2.05) is 0 Å². The van der Waals surface area contributed by atoms with Gasteiger partial charge in [0.2, 0.25) is 0 Å². The summed E-state index contributed by atoms with van der Waals surface area (Å²) < 4.78 is 0. The Hall–Kier alpha value is -0.530. The molecule has 0 fully saturated rings. The van der Waals surface area contributed by atoms with Crippen molar-refractivity contribution in [3.63, 3.8) is 0 Å². The van der Waals surface area contributed by atoms with E-state index >= 15 is 0 Å². The van der Waals surface area contributed by atoms with Gasteiger partial charge in [0, 0.05) is 12.6 Å². The zero-order chi connectivity index (χ0) is 6.97. The smallest absolute Gasteiger partial charge is 0.0298 e. The fraction of sp³-hybridized carbons (Fsp3) is 0.333. The van der Waals surface area contributed by atoms with Crippen LogP contribution in [0.15, 0.2) is 24.3 Å². The second-order valence-corrected chi connectivity index (χ2v) is 2.80. The Morgan fingerprint density at radius 2 is 2.09 bits per heavy atom. The Kier molecular flexibility index (Phi) is 2.53. The van der Waals surface area contributed by atoms with Crippen LogP contribution in [0.3, 0.4) is 0 Å². The first-order chi connectivity index (χ1) is 4.88. The molecule has 1 unspecified atom stereocenters. The van der Waals surface area contributed by atoms with Gasteiger partial charge in [0.15, 0.2) is 0 Å². The van der Waals surface area contributed by atoms with E-state index in [9.17, 15) is 0 Å². The summed E-state index contributed by atoms with van der Waals surface area (Å²) in [7, 11) is 0. The predicted octanol–water partition coefficient (Wildman–Crippen LogP) is 2.27. The molecule has 1 nitrogen and oxygen atoms in total. The van der Waals surface area contributed by atoms with Gasteiger partial charge in [0.05, 0.1) is 0 Å². The molecule has 1 atom stereocenters. The lowest BCUT2D eigenvalue weighted by molar-refractivity contribution is 0.633. The third-order valence-electron chi connectivity index (χ3n) is 2.12. The van der Waals surface area contributed by atoms with Gasteiger partial charge in [-0.05, 0) is 18.1 Å². The van der Waals surface area contributed by atoms with E-state index in [-0.39, 0.29) is 12.4 Å². The van der Waals surface area contributed by atoms with Crippen molar-refractivity contribution in [3.8, 4) is 0 Å². The largest absolute Gasteiger partial charge is 0.306 e. The summed E-state index contributed by atoms with van der Waals surface area (Å²) in [5, 5.41) is 3.38. The molecule has 60 valence electrons. The summed E-state index contributed by atoms with van der Waals surface area (Å²) in [4.78, 5) is 0. The lowest BCUT2D eigenvalue weighted by atomic mass is 10.1. The number of hydrogen-bond acceptors (Lipinski definition) is 1. The van der Waals surface area contributed by atoms with Crippen LogP contribution in [0.1, 0.15) is 24.1 Å². The number of halogens is 1. The average molecular weight is 170 g/mol. The summed E-state index contributed by atoms with van der Waals surface area (Å²) in [6.45, 7) is 3.24. The van der Waals surface area contributed by atoms with Crippen molar-refractivity contribution in [2.75, 3.05) is 0 Å². The fourth-order valence-electron chi connectivity index (χ4n) is 1.49. The maximum absolute atomic E-state index is 3.38. The molecule has 0 amide bonds. The van der Waals surface area contributed by atoms with Crippen molar-refractivity contribution in [3.05, 3.63) is 35.4 Å². The minimum absolute atomic E-state index is 0. The lowest BCUT2D eigenvalue weighted by Gasteiger charge is -2.01. The van der Waals surface area contributed by atoms with Crippen LogP contribution in [0.2, 0.25) is 0 Å². The van der Waals surface area contributed by atoms with Crippen LogP contribution >= 0.6 is 12.4 Å². The summed E-state index contributed by atoms with van der Waals surface area (Å²) in [5.74, 6) is 0. The quantitative estimate of drug-likeness (QED) is 0.629. The lowest BCUT2D eigenvalue weighted by Crippen LogP contribution is -2.06. The van der Waals surface area contributed by atoms with Crippen molar-refractivity contribution >= 4 is 12.4 Å². The number of rotatable bonds is 0. The number of nitrogens with one attached hydrogen (secondary N) is 1. The maximum Gasteiger partial charge on any atom is 0.0298 e. The highest BCUT2D eigenvalue weighted by atomic mass is 35.5. The number of hydrogen-bond donors (Lipinski definition) is 1. The van der Waals surface area contributed by atoms with Gasteiger partial charge >= 0.3 is 0 Å². The molecule has 1 aromatic carbocycles. The van der Waals surface area contributed by atoms with E-state index in [1.54, 1.807) is 0 Å². The summed E-state index contributed by atoms with van der Waals surface area (Å²) in [5.41, 5.74) is 2.91. The van der Waals surface area contributed by atoms with Crippen LogP contribution < -0.4 is 5.32 Å². The predicted molar refractivity (Wildman–Crippen MR) is 48.9 cm³/mol. The van der Waals surface area contributed by atoms with Crippen molar-refractivity contribution in [1.29, 1.82) is 0 Å². The Morgan fingerprint density at radius 3 is 2.82 bits per heavy atom. The van der Waals surface area contributed by atoms with Gasteiger partial charge in [0.1, 0.15) is 0 Å². The maximum atomic E-state index is 3.38. The Balaban J connectivity index is 0.000000605. The highest BCUT2D eigenvalue weighted by Crippen LogP contribution is 2.23. The Labute approximate surface area is 73.2 Å². The van der Waals surface area contributed by atoms with Gasteiger partial charge in [-0.15, -0.1) is 12.4 Å².